The Balaban J connectivity index is 1.88. The van der Waals surface area contributed by atoms with Gasteiger partial charge < -0.3 is 4.42 Å². The van der Waals surface area contributed by atoms with Crippen LogP contribution in [0, 0.1) is 11.3 Å². The molecule has 0 saturated heterocycles. The van der Waals surface area contributed by atoms with Crippen molar-refractivity contribution in [1.82, 2.24) is 0 Å². The van der Waals surface area contributed by atoms with Crippen molar-refractivity contribution in [3.05, 3.63) is 101 Å². The molecule has 28 heavy (non-hydrogen) atoms. The summed E-state index contributed by atoms with van der Waals surface area (Å²) in [6, 6.07) is 29.6. The number of hydrogen-bond acceptors (Lipinski definition) is 3. The minimum absolute atomic E-state index is 0.306. The van der Waals surface area contributed by atoms with Gasteiger partial charge in [0.25, 0.3) is 0 Å². The Bertz CT molecular complexity index is 1170. The van der Waals surface area contributed by atoms with Crippen LogP contribution < -0.4 is 0 Å². The van der Waals surface area contributed by atoms with E-state index >= 15 is 0 Å². The third kappa shape index (κ3) is 3.66. The van der Waals surface area contributed by atoms with Crippen LogP contribution in [0.3, 0.4) is 0 Å². The number of rotatable bonds is 4. The van der Waals surface area contributed by atoms with E-state index in [2.05, 4.69) is 27.0 Å². The van der Waals surface area contributed by atoms with Gasteiger partial charge in [0.1, 0.15) is 17.4 Å². The molecule has 0 spiro atoms. The molecule has 3 nitrogen and oxygen atoms in total. The van der Waals surface area contributed by atoms with Gasteiger partial charge in [-0.15, -0.1) is 0 Å². The fourth-order valence-corrected chi connectivity index (χ4v) is 3.42. The minimum atomic E-state index is 0.306. The van der Waals surface area contributed by atoms with Gasteiger partial charge in [-0.25, -0.2) is 4.99 Å². The Hall–Kier alpha value is -3.42. The van der Waals surface area contributed by atoms with Crippen LogP contribution in [0.5, 0.6) is 0 Å². The highest BCUT2D eigenvalue weighted by molar-refractivity contribution is 9.10. The molecule has 4 rings (SSSR count). The molecular formula is C24H15BrN2O. The Morgan fingerprint density at radius 3 is 2.18 bits per heavy atom. The molecule has 0 unspecified atom stereocenters. The second-order valence-electron chi connectivity index (χ2n) is 6.14. The van der Waals surface area contributed by atoms with Crippen molar-refractivity contribution in [2.45, 2.75) is 0 Å². The lowest BCUT2D eigenvalue weighted by molar-refractivity contribution is 0.593. The summed E-state index contributed by atoms with van der Waals surface area (Å²) in [5.41, 5.74) is 3.93. The molecule has 0 amide bonds. The summed E-state index contributed by atoms with van der Waals surface area (Å²) in [7, 11) is 0. The van der Waals surface area contributed by atoms with E-state index in [0.29, 0.717) is 17.2 Å². The van der Waals surface area contributed by atoms with Gasteiger partial charge >= 0.3 is 0 Å². The molecular weight excluding hydrogens is 412 g/mol. The predicted octanol–water partition coefficient (Wildman–Crippen LogP) is 7.00. The summed E-state index contributed by atoms with van der Waals surface area (Å²) in [6.07, 6.45) is 1.70. The zero-order chi connectivity index (χ0) is 19.3. The van der Waals surface area contributed by atoms with E-state index in [9.17, 15) is 5.26 Å². The molecule has 0 atom stereocenters. The van der Waals surface area contributed by atoms with E-state index in [1.807, 2.05) is 84.9 Å². The van der Waals surface area contributed by atoms with Crippen molar-refractivity contribution in [2.75, 3.05) is 0 Å². The van der Waals surface area contributed by atoms with E-state index in [1.54, 1.807) is 6.21 Å². The largest absolute Gasteiger partial charge is 0.436 e. The third-order valence-electron chi connectivity index (χ3n) is 4.28. The molecule has 1 heterocycles. The second kappa shape index (κ2) is 8.08. The van der Waals surface area contributed by atoms with Crippen molar-refractivity contribution >= 4 is 28.0 Å². The van der Waals surface area contributed by atoms with Gasteiger partial charge in [-0.3, -0.25) is 0 Å². The summed E-state index contributed by atoms with van der Waals surface area (Å²) in [6.45, 7) is 0. The van der Waals surface area contributed by atoms with E-state index in [4.69, 9.17) is 4.42 Å². The molecule has 0 aliphatic carbocycles. The molecule has 0 radical (unpaired) electrons. The fraction of sp³-hybridized carbons (Fsp3) is 0. The van der Waals surface area contributed by atoms with Crippen LogP contribution >= 0.6 is 15.9 Å². The smallest absolute Gasteiger partial charge is 0.238 e. The third-order valence-corrected chi connectivity index (χ3v) is 4.77. The predicted molar refractivity (Wildman–Crippen MR) is 116 cm³/mol. The molecule has 0 fully saturated rings. The molecule has 0 saturated carbocycles. The normalized spacial score (nSPS) is 10.9. The van der Waals surface area contributed by atoms with Crippen molar-refractivity contribution in [3.8, 4) is 28.5 Å². The summed E-state index contributed by atoms with van der Waals surface area (Å²) in [5.74, 6) is 0.949. The molecule has 4 aromatic rings. The zero-order valence-electron chi connectivity index (χ0n) is 14.8. The van der Waals surface area contributed by atoms with Gasteiger partial charge in [-0.1, -0.05) is 88.7 Å². The van der Waals surface area contributed by atoms with Crippen LogP contribution in [0.1, 0.15) is 11.1 Å². The summed E-state index contributed by atoms with van der Waals surface area (Å²) in [4.78, 5) is 4.49. The molecule has 4 heteroatoms. The van der Waals surface area contributed by atoms with Crippen LogP contribution in [0.2, 0.25) is 0 Å². The summed E-state index contributed by atoms with van der Waals surface area (Å²) >= 11 is 3.46. The second-order valence-corrected chi connectivity index (χ2v) is 7.06. The van der Waals surface area contributed by atoms with Crippen LogP contribution in [0.4, 0.5) is 5.88 Å². The number of furan rings is 1. The fourth-order valence-electron chi connectivity index (χ4n) is 3.01. The first kappa shape index (κ1) is 18.0. The number of halogens is 1. The van der Waals surface area contributed by atoms with E-state index in [-0.39, 0.29) is 0 Å². The summed E-state index contributed by atoms with van der Waals surface area (Å²) in [5, 5.41) is 9.87. The molecule has 1 aromatic heterocycles. The maximum atomic E-state index is 9.87. The average molecular weight is 427 g/mol. The molecule has 0 aliphatic heterocycles. The molecule has 0 N–H and O–H groups in total. The standard InChI is InChI=1S/C24H15BrN2O/c25-20-13-7-8-17(14-20)16-27-24-21(15-26)22(18-9-3-1-4-10-18)23(28-24)19-11-5-2-6-12-19/h1-14,16H/b27-16+. The first-order valence-corrected chi connectivity index (χ1v) is 9.53. The summed E-state index contributed by atoms with van der Waals surface area (Å²) < 4.78 is 7.06. The van der Waals surface area contributed by atoms with Gasteiger partial charge in [0.15, 0.2) is 0 Å². The van der Waals surface area contributed by atoms with E-state index in [1.165, 1.54) is 0 Å². The van der Waals surface area contributed by atoms with E-state index < -0.39 is 0 Å². The van der Waals surface area contributed by atoms with Crippen LogP contribution in [0.15, 0.2) is 98.8 Å². The van der Waals surface area contributed by atoms with E-state index in [0.717, 1.165) is 26.7 Å². The Morgan fingerprint density at radius 1 is 0.857 bits per heavy atom. The lowest BCUT2D eigenvalue weighted by Crippen LogP contribution is -1.83. The van der Waals surface area contributed by atoms with Gasteiger partial charge in [0.05, 0.1) is 0 Å². The van der Waals surface area contributed by atoms with Crippen LogP contribution in [-0.4, -0.2) is 6.21 Å². The maximum Gasteiger partial charge on any atom is 0.238 e. The Labute approximate surface area is 171 Å². The lowest BCUT2D eigenvalue weighted by atomic mass is 9.98. The maximum absolute atomic E-state index is 9.87. The minimum Gasteiger partial charge on any atom is -0.436 e. The van der Waals surface area contributed by atoms with Crippen molar-refractivity contribution < 1.29 is 4.42 Å². The van der Waals surface area contributed by atoms with Gasteiger partial charge in [-0.2, -0.15) is 5.26 Å². The first-order chi connectivity index (χ1) is 13.8. The van der Waals surface area contributed by atoms with Crippen molar-refractivity contribution in [2.24, 2.45) is 4.99 Å². The molecule has 0 bridgehead atoms. The number of aliphatic imine (C=N–C) groups is 1. The van der Waals surface area contributed by atoms with Crippen molar-refractivity contribution in [1.29, 1.82) is 5.26 Å². The average Bonchev–Trinajstić information content (AvgIpc) is 3.12. The molecule has 134 valence electrons. The quantitative estimate of drug-likeness (QED) is 0.329. The van der Waals surface area contributed by atoms with Crippen LogP contribution in [0.25, 0.3) is 22.5 Å². The highest BCUT2D eigenvalue weighted by Crippen LogP contribution is 2.42. The molecule has 3 aromatic carbocycles. The first-order valence-electron chi connectivity index (χ1n) is 8.73. The monoisotopic (exact) mass is 426 g/mol. The number of nitriles is 1. The van der Waals surface area contributed by atoms with Gasteiger partial charge in [0.2, 0.25) is 5.88 Å². The zero-order valence-corrected chi connectivity index (χ0v) is 16.4. The molecule has 0 aliphatic rings. The van der Waals surface area contributed by atoms with Crippen LogP contribution in [-0.2, 0) is 0 Å². The highest BCUT2D eigenvalue weighted by atomic mass is 79.9. The Morgan fingerprint density at radius 2 is 1.54 bits per heavy atom. The SMILES string of the molecule is N#Cc1c(/N=C/c2cccc(Br)c2)oc(-c2ccccc2)c1-c1ccccc1. The topological polar surface area (TPSA) is 49.3 Å². The Kier molecular flexibility index (Phi) is 5.18. The van der Waals surface area contributed by atoms with Gasteiger partial charge in [-0.05, 0) is 23.3 Å². The lowest BCUT2D eigenvalue weighted by Gasteiger charge is -2.03. The number of hydrogen-bond donors (Lipinski definition) is 0. The van der Waals surface area contributed by atoms with Gasteiger partial charge in [0, 0.05) is 21.8 Å². The number of nitrogens with zero attached hydrogens (tertiary/aromatic N) is 2. The highest BCUT2D eigenvalue weighted by Gasteiger charge is 2.22. The number of benzene rings is 3. The van der Waals surface area contributed by atoms with Crippen molar-refractivity contribution in [3.63, 3.8) is 0 Å².